The van der Waals surface area contributed by atoms with Crippen LogP contribution >= 0.6 is 7.75 Å². The highest BCUT2D eigenvalue weighted by Gasteiger charge is 2.57. The Balaban J connectivity index is 1.84. The average Bonchev–Trinajstić information content (AvgIpc) is 3.22. The number of aliphatic carboxylic acids is 1. The van der Waals surface area contributed by atoms with Gasteiger partial charge in [0.1, 0.15) is 30.4 Å². The molecule has 0 bridgehead atoms. The SMILES string of the molecule is C[C@H](NP(=O)(O)OC[C@H]1O[C@@](C#N)(c2ccc3c(N)ccnn23)[C@H](O)[C@@H]1O)C(=O)O. The summed E-state index contributed by atoms with van der Waals surface area (Å²) in [7, 11) is -4.58. The first-order chi connectivity index (χ1) is 14.0. The van der Waals surface area contributed by atoms with Crippen molar-refractivity contribution in [3.63, 3.8) is 0 Å². The third-order valence-corrected chi connectivity index (χ3v) is 5.95. The van der Waals surface area contributed by atoms with Gasteiger partial charge in [-0.05, 0) is 25.1 Å². The first-order valence-corrected chi connectivity index (χ1v) is 10.3. The molecule has 1 saturated heterocycles. The minimum Gasteiger partial charge on any atom is -0.480 e. The van der Waals surface area contributed by atoms with E-state index in [1.807, 2.05) is 11.2 Å². The fraction of sp³-hybridized carbons (Fsp3) is 0.438. The van der Waals surface area contributed by atoms with Gasteiger partial charge in [0, 0.05) is 6.20 Å². The van der Waals surface area contributed by atoms with Crippen molar-refractivity contribution in [2.75, 3.05) is 12.3 Å². The number of carbonyl (C=O) groups is 1. The number of aromatic nitrogens is 2. The number of nitrogens with two attached hydrogens (primary N) is 1. The molecular weight excluding hydrogens is 421 g/mol. The highest BCUT2D eigenvalue weighted by Crippen LogP contribution is 2.43. The number of nitrogens with one attached hydrogen (secondary N) is 1. The summed E-state index contributed by atoms with van der Waals surface area (Å²) in [4.78, 5) is 20.6. The fourth-order valence-corrected chi connectivity index (χ4v) is 4.17. The topological polar surface area (TPSA) is 213 Å². The summed E-state index contributed by atoms with van der Waals surface area (Å²) in [6, 6.07) is 5.00. The predicted molar refractivity (Wildman–Crippen MR) is 99.8 cm³/mol. The van der Waals surface area contributed by atoms with Crippen molar-refractivity contribution in [1.29, 1.82) is 5.26 Å². The van der Waals surface area contributed by atoms with Gasteiger partial charge in [-0.1, -0.05) is 0 Å². The zero-order valence-electron chi connectivity index (χ0n) is 15.6. The lowest BCUT2D eigenvalue weighted by Crippen LogP contribution is -2.41. The first-order valence-electron chi connectivity index (χ1n) is 8.68. The lowest BCUT2D eigenvalue weighted by molar-refractivity contribution is -0.138. The Kier molecular flexibility index (Phi) is 5.85. The summed E-state index contributed by atoms with van der Waals surface area (Å²) in [5.41, 5.74) is 4.70. The molecule has 3 heterocycles. The van der Waals surface area contributed by atoms with E-state index < -0.39 is 50.3 Å². The summed E-state index contributed by atoms with van der Waals surface area (Å²) < 4.78 is 23.7. The number of hydrogen-bond donors (Lipinski definition) is 6. The molecule has 30 heavy (non-hydrogen) atoms. The molecule has 162 valence electrons. The maximum absolute atomic E-state index is 12.0. The number of nitrogen functional groups attached to an aromatic ring is 1. The molecule has 2 aromatic rings. The lowest BCUT2D eigenvalue weighted by Gasteiger charge is -2.24. The van der Waals surface area contributed by atoms with Gasteiger partial charge in [-0.3, -0.25) is 9.32 Å². The van der Waals surface area contributed by atoms with E-state index in [0.717, 1.165) is 6.92 Å². The second-order valence-corrected chi connectivity index (χ2v) is 8.30. The van der Waals surface area contributed by atoms with Gasteiger partial charge in [-0.2, -0.15) is 10.4 Å². The van der Waals surface area contributed by atoms with Crippen LogP contribution in [-0.2, 0) is 24.2 Å². The molecule has 1 unspecified atom stereocenters. The molecule has 7 N–H and O–H groups in total. The van der Waals surface area contributed by atoms with Crippen LogP contribution in [0.5, 0.6) is 0 Å². The molecule has 0 aliphatic carbocycles. The van der Waals surface area contributed by atoms with Crippen LogP contribution in [0.3, 0.4) is 0 Å². The number of aliphatic hydroxyl groups is 2. The van der Waals surface area contributed by atoms with Gasteiger partial charge in [-0.25, -0.2) is 14.2 Å². The molecule has 1 aliphatic rings. The Morgan fingerprint density at radius 3 is 2.87 bits per heavy atom. The standard InChI is InChI=1S/C16H20N5O8P/c1-8(15(24)25)20-30(26,27)28-6-11-13(22)14(23)16(7-17,29-11)12-3-2-10-9(18)4-5-19-21(10)12/h2-5,8,11,13-14,22-23H,6,18H2,1H3,(H,24,25)(H2,20,26,27)/t8-,11+,13+,14+,16-/m0/s1. The lowest BCUT2D eigenvalue weighted by atomic mass is 9.92. The number of ether oxygens (including phenoxy) is 1. The number of fused-ring (bicyclic) bond motifs is 1. The van der Waals surface area contributed by atoms with Crippen LogP contribution in [0.15, 0.2) is 24.4 Å². The average molecular weight is 441 g/mol. The van der Waals surface area contributed by atoms with Gasteiger partial charge in [0.2, 0.25) is 5.60 Å². The van der Waals surface area contributed by atoms with Gasteiger partial charge in [0.15, 0.2) is 0 Å². The molecular formula is C16H20N5O8P. The molecule has 0 amide bonds. The Bertz CT molecular complexity index is 1050. The molecule has 13 nitrogen and oxygen atoms in total. The molecule has 3 rings (SSSR count). The predicted octanol–water partition coefficient (Wildman–Crippen LogP) is -1.06. The highest BCUT2D eigenvalue weighted by atomic mass is 31.2. The molecule has 14 heteroatoms. The van der Waals surface area contributed by atoms with Crippen LogP contribution in [-0.4, -0.2) is 66.8 Å². The highest BCUT2D eigenvalue weighted by molar-refractivity contribution is 7.50. The van der Waals surface area contributed by atoms with Gasteiger partial charge in [-0.15, -0.1) is 0 Å². The molecule has 0 saturated carbocycles. The van der Waals surface area contributed by atoms with Gasteiger partial charge in [0.05, 0.1) is 23.5 Å². The molecule has 1 fully saturated rings. The summed E-state index contributed by atoms with van der Waals surface area (Å²) in [5.74, 6) is -1.38. The monoisotopic (exact) mass is 441 g/mol. The first kappa shape index (κ1) is 22.1. The zero-order valence-corrected chi connectivity index (χ0v) is 16.5. The van der Waals surface area contributed by atoms with Gasteiger partial charge in [0.25, 0.3) is 0 Å². The summed E-state index contributed by atoms with van der Waals surface area (Å²) in [5, 5.41) is 45.5. The van der Waals surface area contributed by atoms with Crippen LogP contribution in [0.25, 0.3) is 5.52 Å². The fourth-order valence-electron chi connectivity index (χ4n) is 3.15. The van der Waals surface area contributed by atoms with E-state index in [-0.39, 0.29) is 5.69 Å². The van der Waals surface area contributed by atoms with Crippen LogP contribution in [0.1, 0.15) is 12.6 Å². The van der Waals surface area contributed by atoms with Crippen molar-refractivity contribution >= 4 is 24.9 Å². The van der Waals surface area contributed by atoms with E-state index in [1.165, 1.54) is 16.8 Å². The van der Waals surface area contributed by atoms with Crippen LogP contribution in [0, 0.1) is 11.3 Å². The number of hydrogen-bond acceptors (Lipinski definition) is 9. The Hall–Kier alpha value is -2.56. The van der Waals surface area contributed by atoms with E-state index in [1.54, 1.807) is 12.1 Å². The van der Waals surface area contributed by atoms with Crippen molar-refractivity contribution < 1.29 is 38.8 Å². The molecule has 1 aliphatic heterocycles. The maximum Gasteiger partial charge on any atom is 0.403 e. The largest absolute Gasteiger partial charge is 0.480 e. The smallest absolute Gasteiger partial charge is 0.403 e. The van der Waals surface area contributed by atoms with Gasteiger partial charge < -0.3 is 30.7 Å². The third kappa shape index (κ3) is 3.78. The molecule has 6 atom stereocenters. The van der Waals surface area contributed by atoms with Crippen LogP contribution < -0.4 is 10.8 Å². The second kappa shape index (κ2) is 7.93. The molecule has 2 aromatic heterocycles. The molecule has 0 aromatic carbocycles. The van der Waals surface area contributed by atoms with Crippen LogP contribution in [0.2, 0.25) is 0 Å². The molecule has 0 radical (unpaired) electrons. The number of carboxylic acids is 1. The van der Waals surface area contributed by atoms with Gasteiger partial charge >= 0.3 is 13.7 Å². The van der Waals surface area contributed by atoms with Crippen molar-refractivity contribution in [3.8, 4) is 6.07 Å². The Morgan fingerprint density at radius 1 is 1.53 bits per heavy atom. The number of anilines is 1. The Labute approximate surface area is 169 Å². The van der Waals surface area contributed by atoms with Crippen molar-refractivity contribution in [1.82, 2.24) is 14.7 Å². The minimum atomic E-state index is -4.58. The number of rotatable bonds is 7. The number of nitrogens with zero attached hydrogens (tertiary/aromatic N) is 3. The summed E-state index contributed by atoms with van der Waals surface area (Å²) in [6.07, 6.45) is -3.41. The van der Waals surface area contributed by atoms with Crippen molar-refractivity contribution in [3.05, 3.63) is 30.1 Å². The van der Waals surface area contributed by atoms with E-state index >= 15 is 0 Å². The quantitative estimate of drug-likeness (QED) is 0.284. The minimum absolute atomic E-state index is 0.0890. The van der Waals surface area contributed by atoms with Crippen molar-refractivity contribution in [2.45, 2.75) is 36.9 Å². The Morgan fingerprint density at radius 2 is 2.23 bits per heavy atom. The van der Waals surface area contributed by atoms with E-state index in [0.29, 0.717) is 11.2 Å². The van der Waals surface area contributed by atoms with E-state index in [9.17, 15) is 29.7 Å². The van der Waals surface area contributed by atoms with Crippen molar-refractivity contribution in [2.24, 2.45) is 0 Å². The normalized spacial score (nSPS) is 29.4. The van der Waals surface area contributed by atoms with Crippen LogP contribution in [0.4, 0.5) is 5.69 Å². The summed E-state index contributed by atoms with van der Waals surface area (Å²) >= 11 is 0. The zero-order chi connectivity index (χ0) is 22.3. The number of carboxylic acid groups (broad SMARTS) is 1. The third-order valence-electron chi connectivity index (χ3n) is 4.73. The maximum atomic E-state index is 12.0. The van der Waals surface area contributed by atoms with E-state index in [2.05, 4.69) is 5.10 Å². The number of aliphatic hydroxyl groups excluding tert-OH is 2. The molecule has 0 spiro atoms. The second-order valence-electron chi connectivity index (χ2n) is 6.75. The van der Waals surface area contributed by atoms with E-state index in [4.69, 9.17) is 20.1 Å². The summed E-state index contributed by atoms with van der Waals surface area (Å²) in [6.45, 7) is 0.421. The number of nitriles is 1.